The van der Waals surface area contributed by atoms with Gasteiger partial charge in [-0.15, -0.1) is 0 Å². The van der Waals surface area contributed by atoms with Gasteiger partial charge >= 0.3 is 0 Å². The zero-order chi connectivity index (χ0) is 22.0. The van der Waals surface area contributed by atoms with E-state index in [2.05, 4.69) is 36.2 Å². The molecule has 4 heteroatoms. The maximum absolute atomic E-state index is 12.8. The Morgan fingerprint density at radius 2 is 1.48 bits per heavy atom. The zero-order valence-electron chi connectivity index (χ0n) is 19.2. The Labute approximate surface area is 188 Å². The first-order valence-electron chi connectivity index (χ1n) is 12.0. The SMILES string of the molecule is CCCCCC=CCC=CCCCCCCCC(=O)N(c1ccncc1)n1cccc1. The average molecular weight is 422 g/mol. The molecule has 2 rings (SSSR count). The standard InChI is InChI=1S/C27H39N3O/c1-2-3-4-5-6-7-8-9-10-11-12-13-14-15-16-19-27(31)30(29-24-17-18-25-29)26-20-22-28-23-21-26/h6-7,9-10,17-18,20-25H,2-5,8,11-16,19H2,1H3. The molecule has 1 amide bonds. The summed E-state index contributed by atoms with van der Waals surface area (Å²) in [7, 11) is 0. The third kappa shape index (κ3) is 10.3. The Morgan fingerprint density at radius 3 is 2.16 bits per heavy atom. The summed E-state index contributed by atoms with van der Waals surface area (Å²) in [6, 6.07) is 7.60. The van der Waals surface area contributed by atoms with Crippen LogP contribution < -0.4 is 5.01 Å². The van der Waals surface area contributed by atoms with Gasteiger partial charge in [-0.1, -0.05) is 63.3 Å². The zero-order valence-corrected chi connectivity index (χ0v) is 19.2. The summed E-state index contributed by atoms with van der Waals surface area (Å²) in [5, 5.41) is 1.73. The van der Waals surface area contributed by atoms with E-state index in [9.17, 15) is 4.79 Å². The molecular weight excluding hydrogens is 382 g/mol. The molecule has 31 heavy (non-hydrogen) atoms. The number of allylic oxidation sites excluding steroid dienone is 4. The van der Waals surface area contributed by atoms with Gasteiger partial charge in [-0.25, -0.2) is 5.01 Å². The number of carbonyl (C=O) groups excluding carboxylic acids is 1. The van der Waals surface area contributed by atoms with Crippen LogP contribution in [0.15, 0.2) is 73.4 Å². The van der Waals surface area contributed by atoms with Crippen molar-refractivity contribution in [2.45, 2.75) is 84.0 Å². The Bertz CT molecular complexity index is 750. The number of carbonyl (C=O) groups is 1. The smallest absolute Gasteiger partial charge is 0.246 e. The molecule has 0 N–H and O–H groups in total. The number of anilines is 1. The van der Waals surface area contributed by atoms with Crippen LogP contribution in [0.5, 0.6) is 0 Å². The van der Waals surface area contributed by atoms with E-state index in [1.165, 1.54) is 44.9 Å². The van der Waals surface area contributed by atoms with Gasteiger partial charge < -0.3 is 0 Å². The van der Waals surface area contributed by atoms with Crippen molar-refractivity contribution in [3.8, 4) is 0 Å². The van der Waals surface area contributed by atoms with Crippen LogP contribution in [-0.4, -0.2) is 15.6 Å². The number of hydrogen-bond acceptors (Lipinski definition) is 2. The Morgan fingerprint density at radius 1 is 0.871 bits per heavy atom. The number of aromatic nitrogens is 2. The summed E-state index contributed by atoms with van der Waals surface area (Å²) < 4.78 is 1.84. The normalized spacial score (nSPS) is 11.5. The minimum absolute atomic E-state index is 0.119. The van der Waals surface area contributed by atoms with E-state index in [1.54, 1.807) is 17.4 Å². The molecule has 0 aliphatic carbocycles. The van der Waals surface area contributed by atoms with Crippen molar-refractivity contribution in [2.24, 2.45) is 0 Å². The maximum Gasteiger partial charge on any atom is 0.246 e. The molecular formula is C27H39N3O. The lowest BCUT2D eigenvalue weighted by Crippen LogP contribution is -2.34. The second kappa shape index (κ2) is 16.1. The number of nitrogens with zero attached hydrogens (tertiary/aromatic N) is 3. The number of rotatable bonds is 16. The highest BCUT2D eigenvalue weighted by atomic mass is 16.2. The average Bonchev–Trinajstić information content (AvgIpc) is 3.31. The van der Waals surface area contributed by atoms with Gasteiger partial charge in [-0.2, -0.15) is 0 Å². The third-order valence-corrected chi connectivity index (χ3v) is 5.30. The second-order valence-electron chi connectivity index (χ2n) is 7.95. The highest BCUT2D eigenvalue weighted by molar-refractivity contribution is 5.92. The first kappa shape index (κ1) is 24.6. The molecule has 2 heterocycles. The Balaban J connectivity index is 1.56. The van der Waals surface area contributed by atoms with Crippen molar-refractivity contribution in [1.82, 2.24) is 9.66 Å². The Kier molecular flexibility index (Phi) is 12.8. The van der Waals surface area contributed by atoms with Gasteiger partial charge in [0.1, 0.15) is 0 Å². The minimum atomic E-state index is 0.119. The molecule has 0 aromatic carbocycles. The van der Waals surface area contributed by atoms with Crippen LogP contribution in [0.1, 0.15) is 84.0 Å². The van der Waals surface area contributed by atoms with Gasteiger partial charge in [0, 0.05) is 31.2 Å². The predicted molar refractivity (Wildman–Crippen MR) is 131 cm³/mol. The van der Waals surface area contributed by atoms with Crippen molar-refractivity contribution >= 4 is 11.6 Å². The monoisotopic (exact) mass is 421 g/mol. The molecule has 0 unspecified atom stereocenters. The quantitative estimate of drug-likeness (QED) is 0.208. The van der Waals surface area contributed by atoms with E-state index in [0.717, 1.165) is 31.4 Å². The topological polar surface area (TPSA) is 38.1 Å². The van der Waals surface area contributed by atoms with Crippen molar-refractivity contribution in [2.75, 3.05) is 5.01 Å². The largest absolute Gasteiger partial charge is 0.273 e. The van der Waals surface area contributed by atoms with Crippen molar-refractivity contribution in [3.05, 3.63) is 73.4 Å². The van der Waals surface area contributed by atoms with E-state index < -0.39 is 0 Å². The van der Waals surface area contributed by atoms with Crippen molar-refractivity contribution < 1.29 is 4.79 Å². The fourth-order valence-corrected chi connectivity index (χ4v) is 3.54. The highest BCUT2D eigenvalue weighted by Crippen LogP contribution is 2.17. The van der Waals surface area contributed by atoms with Crippen LogP contribution >= 0.6 is 0 Å². The predicted octanol–water partition coefficient (Wildman–Crippen LogP) is 7.49. The first-order chi connectivity index (χ1) is 15.3. The van der Waals surface area contributed by atoms with Gasteiger partial charge in [0.25, 0.3) is 0 Å². The maximum atomic E-state index is 12.8. The van der Waals surface area contributed by atoms with Gasteiger partial charge in [0.15, 0.2) is 0 Å². The summed E-state index contributed by atoms with van der Waals surface area (Å²) >= 11 is 0. The lowest BCUT2D eigenvalue weighted by Gasteiger charge is -2.23. The molecule has 0 saturated carbocycles. The third-order valence-electron chi connectivity index (χ3n) is 5.30. The van der Waals surface area contributed by atoms with E-state index in [1.807, 2.05) is 41.3 Å². The molecule has 0 aliphatic rings. The molecule has 168 valence electrons. The minimum Gasteiger partial charge on any atom is -0.273 e. The molecule has 2 aromatic rings. The number of unbranched alkanes of at least 4 members (excludes halogenated alkanes) is 8. The summed E-state index contributed by atoms with van der Waals surface area (Å²) in [6.07, 6.45) is 30.1. The van der Waals surface area contributed by atoms with Crippen LogP contribution in [0.2, 0.25) is 0 Å². The Hall–Kier alpha value is -2.62. The van der Waals surface area contributed by atoms with Gasteiger partial charge in [0.2, 0.25) is 5.91 Å². The molecule has 0 aliphatic heterocycles. The fourth-order valence-electron chi connectivity index (χ4n) is 3.54. The lowest BCUT2D eigenvalue weighted by atomic mass is 10.1. The molecule has 4 nitrogen and oxygen atoms in total. The van der Waals surface area contributed by atoms with E-state index in [4.69, 9.17) is 0 Å². The number of amides is 1. The van der Waals surface area contributed by atoms with E-state index in [-0.39, 0.29) is 5.91 Å². The molecule has 0 saturated heterocycles. The van der Waals surface area contributed by atoms with Gasteiger partial charge in [-0.3, -0.25) is 14.5 Å². The van der Waals surface area contributed by atoms with Crippen LogP contribution in [0.3, 0.4) is 0 Å². The van der Waals surface area contributed by atoms with E-state index >= 15 is 0 Å². The van der Waals surface area contributed by atoms with Gasteiger partial charge in [-0.05, 0) is 62.8 Å². The molecule has 2 aromatic heterocycles. The molecule has 0 spiro atoms. The van der Waals surface area contributed by atoms with Crippen molar-refractivity contribution in [1.29, 1.82) is 0 Å². The molecule has 0 fully saturated rings. The number of hydrogen-bond donors (Lipinski definition) is 0. The molecule has 0 radical (unpaired) electrons. The summed E-state index contributed by atoms with van der Waals surface area (Å²) in [5.74, 6) is 0.119. The van der Waals surface area contributed by atoms with Crippen LogP contribution in [0.25, 0.3) is 0 Å². The van der Waals surface area contributed by atoms with Crippen LogP contribution in [0.4, 0.5) is 5.69 Å². The summed E-state index contributed by atoms with van der Waals surface area (Å²) in [6.45, 7) is 2.24. The number of pyridine rings is 1. The van der Waals surface area contributed by atoms with Crippen LogP contribution in [0, 0.1) is 0 Å². The molecule has 0 atom stereocenters. The highest BCUT2D eigenvalue weighted by Gasteiger charge is 2.16. The first-order valence-corrected chi connectivity index (χ1v) is 12.0. The van der Waals surface area contributed by atoms with E-state index in [0.29, 0.717) is 6.42 Å². The summed E-state index contributed by atoms with van der Waals surface area (Å²) in [4.78, 5) is 16.9. The van der Waals surface area contributed by atoms with Gasteiger partial charge in [0.05, 0.1) is 5.69 Å². The van der Waals surface area contributed by atoms with Crippen molar-refractivity contribution in [3.63, 3.8) is 0 Å². The lowest BCUT2D eigenvalue weighted by molar-refractivity contribution is -0.119. The fraction of sp³-hybridized carbons (Fsp3) is 0.481. The molecule has 0 bridgehead atoms. The van der Waals surface area contributed by atoms with Crippen LogP contribution in [-0.2, 0) is 4.79 Å². The summed E-state index contributed by atoms with van der Waals surface area (Å²) in [5.41, 5.74) is 0.846. The second-order valence-corrected chi connectivity index (χ2v) is 7.95.